The number of aromatic nitrogens is 1. The number of pyridine rings is 1. The van der Waals surface area contributed by atoms with Gasteiger partial charge in [-0.1, -0.05) is 67.1 Å². The van der Waals surface area contributed by atoms with E-state index in [4.69, 9.17) is 16.3 Å². The topological polar surface area (TPSA) is 82.5 Å². The Morgan fingerprint density at radius 2 is 1.83 bits per heavy atom. The monoisotopic (exact) mass is 599 g/mol. The van der Waals surface area contributed by atoms with Crippen molar-refractivity contribution in [1.82, 2.24) is 4.98 Å². The summed E-state index contributed by atoms with van der Waals surface area (Å²) in [6, 6.07) is 25.5. The molecule has 0 radical (unpaired) electrons. The van der Waals surface area contributed by atoms with Crippen molar-refractivity contribution < 1.29 is 49.3 Å². The van der Waals surface area contributed by atoms with E-state index in [1.165, 1.54) is 0 Å². The van der Waals surface area contributed by atoms with Gasteiger partial charge in [0.05, 0.1) is 16.8 Å². The molecule has 5 nitrogen and oxygen atoms in total. The zero-order chi connectivity index (χ0) is 28.7. The third kappa shape index (κ3) is 9.47. The summed E-state index contributed by atoms with van der Waals surface area (Å²) in [7, 11) is 0. The number of hydrogen-bond donors (Lipinski definition) is 1. The summed E-state index contributed by atoms with van der Waals surface area (Å²) in [5, 5.41) is 24.0. The first-order chi connectivity index (χ1) is 19.1. The number of aryl methyl sites for hydroxylation is 1. The number of nitrogens with zero attached hydrogens (tertiary/aromatic N) is 1. The van der Waals surface area contributed by atoms with Crippen molar-refractivity contribution in [2.45, 2.75) is 57.5 Å². The van der Waals surface area contributed by atoms with Crippen molar-refractivity contribution >= 4 is 40.2 Å². The fourth-order valence-corrected chi connectivity index (χ4v) is 6.35. The van der Waals surface area contributed by atoms with Crippen LogP contribution in [0.15, 0.2) is 78.9 Å². The molecule has 210 valence electrons. The predicted molar refractivity (Wildman–Crippen MR) is 162 cm³/mol. The van der Waals surface area contributed by atoms with E-state index in [2.05, 4.69) is 11.1 Å². The summed E-state index contributed by atoms with van der Waals surface area (Å²) in [5.41, 5.74) is 3.73. The normalized spacial score (nSPS) is 12.9. The van der Waals surface area contributed by atoms with Gasteiger partial charge in [0.2, 0.25) is 0 Å². The number of thioether (sulfide) groups is 1. The maximum absolute atomic E-state index is 11.6. The van der Waals surface area contributed by atoms with Gasteiger partial charge in [-0.25, -0.2) is 4.98 Å². The summed E-state index contributed by atoms with van der Waals surface area (Å²) in [6.45, 7) is 5.78. The smallest absolute Gasteiger partial charge is 0.550 e. The molecule has 41 heavy (non-hydrogen) atoms. The van der Waals surface area contributed by atoms with Gasteiger partial charge in [-0.05, 0) is 80.1 Å². The maximum Gasteiger partial charge on any atom is 1.00 e. The molecule has 0 aliphatic rings. The summed E-state index contributed by atoms with van der Waals surface area (Å²) in [6.07, 6.45) is 2.04. The van der Waals surface area contributed by atoms with Crippen LogP contribution in [0.2, 0.25) is 5.02 Å². The Balaban J connectivity index is 0.00000462. The van der Waals surface area contributed by atoms with Crippen LogP contribution in [0.3, 0.4) is 0 Å². The molecule has 0 saturated carbocycles. The summed E-state index contributed by atoms with van der Waals surface area (Å²) in [4.78, 5) is 16.3. The number of hydrogen-bond acceptors (Lipinski definition) is 6. The molecule has 0 aliphatic carbocycles. The van der Waals surface area contributed by atoms with Gasteiger partial charge in [0.15, 0.2) is 0 Å². The minimum Gasteiger partial charge on any atom is -0.550 e. The van der Waals surface area contributed by atoms with Crippen molar-refractivity contribution in [2.75, 3.05) is 5.75 Å². The minimum absolute atomic E-state index is 0. The van der Waals surface area contributed by atoms with Gasteiger partial charge in [-0.3, -0.25) is 0 Å². The van der Waals surface area contributed by atoms with Crippen LogP contribution >= 0.6 is 23.4 Å². The molecular formula is C33H35ClNNaO4S. The molecule has 2 unspecified atom stereocenters. The molecule has 4 aromatic rings. The minimum atomic E-state index is -1.01. The fourth-order valence-electron chi connectivity index (χ4n) is 4.73. The van der Waals surface area contributed by atoms with Gasteiger partial charge < -0.3 is 19.7 Å². The van der Waals surface area contributed by atoms with Crippen LogP contribution in [-0.4, -0.2) is 21.8 Å². The van der Waals surface area contributed by atoms with Crippen molar-refractivity contribution in [3.05, 3.63) is 106 Å². The molecule has 2 atom stereocenters. The Morgan fingerprint density at radius 3 is 2.56 bits per heavy atom. The van der Waals surface area contributed by atoms with Gasteiger partial charge in [-0.15, -0.1) is 0 Å². The van der Waals surface area contributed by atoms with E-state index < -0.39 is 17.5 Å². The zero-order valence-electron chi connectivity index (χ0n) is 24.1. The second kappa shape index (κ2) is 15.4. The molecule has 4 rings (SSSR count). The molecule has 1 heterocycles. The third-order valence-electron chi connectivity index (χ3n) is 7.01. The van der Waals surface area contributed by atoms with Crippen LogP contribution in [-0.2, 0) is 23.4 Å². The van der Waals surface area contributed by atoms with Gasteiger partial charge in [0.1, 0.15) is 12.4 Å². The van der Waals surface area contributed by atoms with Crippen LogP contribution < -0.4 is 39.4 Å². The molecule has 0 fully saturated rings. The standard InChI is InChI=1S/C33H36ClNO4S.Na/c1-4-22(32(36)37)21-40-31(17-14-23-8-5-6-11-29(23)33(2,3)38)25-9-7-10-28(18-25)39-20-27-16-13-24-12-15-26(34)19-30(24)35-27;/h5-13,15-16,18-19,22,31,38H,4,14,17,20-21H2,1-3H3,(H,36,37);/q;+1/p-1. The molecule has 0 spiro atoms. The Morgan fingerprint density at radius 1 is 1.07 bits per heavy atom. The molecular weight excluding hydrogens is 565 g/mol. The second-order valence-electron chi connectivity index (χ2n) is 10.5. The number of halogens is 1. The molecule has 1 aromatic heterocycles. The number of ether oxygens (including phenoxy) is 1. The molecule has 0 aliphatic heterocycles. The van der Waals surface area contributed by atoms with E-state index in [-0.39, 0.29) is 34.8 Å². The van der Waals surface area contributed by atoms with Crippen LogP contribution in [0.1, 0.15) is 61.2 Å². The number of carboxylic acids is 1. The second-order valence-corrected chi connectivity index (χ2v) is 12.2. The van der Waals surface area contributed by atoms with E-state index in [1.54, 1.807) is 25.6 Å². The number of carbonyl (C=O) groups is 1. The number of rotatable bonds is 13. The maximum atomic E-state index is 11.6. The van der Waals surface area contributed by atoms with Crippen molar-refractivity contribution in [2.24, 2.45) is 5.92 Å². The predicted octanol–water partition coefficient (Wildman–Crippen LogP) is 3.88. The summed E-state index contributed by atoms with van der Waals surface area (Å²) >= 11 is 7.77. The van der Waals surface area contributed by atoms with E-state index in [1.807, 2.05) is 79.7 Å². The van der Waals surface area contributed by atoms with Gasteiger partial charge in [-0.2, -0.15) is 11.8 Å². The van der Waals surface area contributed by atoms with Gasteiger partial charge in [0, 0.05) is 33.3 Å². The Hall–Kier alpha value is -2.06. The van der Waals surface area contributed by atoms with Crippen LogP contribution in [0.4, 0.5) is 0 Å². The fraction of sp³-hybridized carbons (Fsp3) is 0.333. The first-order valence-corrected chi connectivity index (χ1v) is 15.0. The number of aliphatic hydroxyl groups is 1. The zero-order valence-corrected chi connectivity index (χ0v) is 27.7. The van der Waals surface area contributed by atoms with E-state index in [0.29, 0.717) is 23.8 Å². The summed E-state index contributed by atoms with van der Waals surface area (Å²) in [5.74, 6) is -0.337. The molecule has 3 aromatic carbocycles. The van der Waals surface area contributed by atoms with E-state index in [0.717, 1.165) is 51.9 Å². The van der Waals surface area contributed by atoms with Crippen LogP contribution in [0.25, 0.3) is 10.9 Å². The number of aliphatic carboxylic acids is 1. The Kier molecular flexibility index (Phi) is 12.6. The Bertz CT molecular complexity index is 1460. The van der Waals surface area contributed by atoms with Crippen molar-refractivity contribution in [3.8, 4) is 5.75 Å². The SMILES string of the molecule is CCC(CSC(CCc1ccccc1C(C)(C)O)c1cccc(OCc2ccc3ccc(Cl)cc3n2)c1)C(=O)[O-].[Na+]. The molecule has 1 N–H and O–H groups in total. The average Bonchev–Trinajstić information content (AvgIpc) is 2.93. The first kappa shape index (κ1) is 33.4. The molecule has 0 saturated heterocycles. The van der Waals surface area contributed by atoms with E-state index in [9.17, 15) is 15.0 Å². The molecule has 8 heteroatoms. The first-order valence-electron chi connectivity index (χ1n) is 13.5. The third-order valence-corrected chi connectivity index (χ3v) is 8.75. The van der Waals surface area contributed by atoms with Crippen molar-refractivity contribution in [3.63, 3.8) is 0 Å². The van der Waals surface area contributed by atoms with Gasteiger partial charge >= 0.3 is 29.6 Å². The molecule has 0 amide bonds. The number of benzene rings is 3. The number of carboxylic acid groups (broad SMARTS) is 1. The van der Waals surface area contributed by atoms with Gasteiger partial charge in [0.25, 0.3) is 0 Å². The Labute approximate surface area is 274 Å². The summed E-state index contributed by atoms with van der Waals surface area (Å²) < 4.78 is 6.13. The van der Waals surface area contributed by atoms with Crippen LogP contribution in [0.5, 0.6) is 5.75 Å². The number of carbonyl (C=O) groups excluding carboxylic acids is 1. The quantitative estimate of drug-likeness (QED) is 0.235. The van der Waals surface area contributed by atoms with Crippen LogP contribution in [0, 0.1) is 5.92 Å². The van der Waals surface area contributed by atoms with Crippen molar-refractivity contribution in [1.29, 1.82) is 0 Å². The molecule has 0 bridgehead atoms. The van der Waals surface area contributed by atoms with E-state index >= 15 is 0 Å². The average molecular weight is 600 g/mol. The largest absolute Gasteiger partial charge is 1.00 e. The number of fused-ring (bicyclic) bond motifs is 1.